The summed E-state index contributed by atoms with van der Waals surface area (Å²) in [6.07, 6.45) is -2.50. The molecule has 106 valence electrons. The summed E-state index contributed by atoms with van der Waals surface area (Å²) in [7, 11) is 0. The Morgan fingerprint density at radius 1 is 1.21 bits per heavy atom. The van der Waals surface area contributed by atoms with Gasteiger partial charge in [0, 0.05) is 12.1 Å². The third-order valence-electron chi connectivity index (χ3n) is 2.72. The molecule has 0 bridgehead atoms. The fourth-order valence-corrected chi connectivity index (χ4v) is 1.62. The van der Waals surface area contributed by atoms with Crippen LogP contribution in [0.5, 0.6) is 0 Å². The van der Waals surface area contributed by atoms with Gasteiger partial charge < -0.3 is 5.32 Å². The molecule has 2 nitrogen and oxygen atoms in total. The number of carbonyl (C=O) groups is 1. The Kier molecular flexibility index (Phi) is 5.39. The smallest absolute Gasteiger partial charge is 0.352 e. The second kappa shape index (κ2) is 6.59. The van der Waals surface area contributed by atoms with Gasteiger partial charge in [-0.05, 0) is 43.0 Å². The minimum atomic E-state index is -4.37. The second-order valence-electron chi connectivity index (χ2n) is 4.87. The fourth-order valence-electron chi connectivity index (χ4n) is 1.62. The first-order valence-electron chi connectivity index (χ1n) is 6.26. The van der Waals surface area contributed by atoms with Crippen molar-refractivity contribution >= 4 is 5.91 Å². The van der Waals surface area contributed by atoms with Crippen LogP contribution in [-0.2, 0) is 6.18 Å². The first-order chi connectivity index (χ1) is 8.80. The van der Waals surface area contributed by atoms with E-state index in [4.69, 9.17) is 0 Å². The maximum atomic E-state index is 12.3. The lowest BCUT2D eigenvalue weighted by Gasteiger charge is -2.09. The van der Waals surface area contributed by atoms with Crippen LogP contribution in [0.15, 0.2) is 24.3 Å². The van der Waals surface area contributed by atoms with Crippen LogP contribution in [0, 0.1) is 5.92 Å². The van der Waals surface area contributed by atoms with Gasteiger partial charge in [-0.2, -0.15) is 13.2 Å². The monoisotopic (exact) mass is 273 g/mol. The Bertz CT molecular complexity index is 410. The molecule has 1 aromatic rings. The maximum absolute atomic E-state index is 12.3. The predicted octanol–water partition coefficient (Wildman–Crippen LogP) is 3.87. The fraction of sp³-hybridized carbons (Fsp3) is 0.500. The van der Waals surface area contributed by atoms with E-state index in [2.05, 4.69) is 19.2 Å². The minimum absolute atomic E-state index is 0.248. The zero-order valence-electron chi connectivity index (χ0n) is 11.1. The van der Waals surface area contributed by atoms with Crippen LogP contribution in [0.4, 0.5) is 13.2 Å². The SMILES string of the molecule is CC(C)CCCNC(=O)c1ccc(C(F)(F)F)cc1. The number of carbonyl (C=O) groups excluding carboxylic acids is 1. The first-order valence-corrected chi connectivity index (χ1v) is 6.26. The Labute approximate surface area is 111 Å². The van der Waals surface area contributed by atoms with Crippen LogP contribution in [0.1, 0.15) is 42.6 Å². The summed E-state index contributed by atoms with van der Waals surface area (Å²) in [5.74, 6) is 0.237. The molecule has 0 heterocycles. The molecule has 0 saturated carbocycles. The number of hydrogen-bond donors (Lipinski definition) is 1. The lowest BCUT2D eigenvalue weighted by Crippen LogP contribution is -2.24. The van der Waals surface area contributed by atoms with E-state index < -0.39 is 11.7 Å². The van der Waals surface area contributed by atoms with E-state index in [-0.39, 0.29) is 11.5 Å². The molecule has 19 heavy (non-hydrogen) atoms. The van der Waals surface area contributed by atoms with Crippen molar-refractivity contribution < 1.29 is 18.0 Å². The van der Waals surface area contributed by atoms with Crippen molar-refractivity contribution in [3.8, 4) is 0 Å². The summed E-state index contributed by atoms with van der Waals surface area (Å²) >= 11 is 0. The summed E-state index contributed by atoms with van der Waals surface area (Å²) < 4.78 is 37.0. The van der Waals surface area contributed by atoms with E-state index in [9.17, 15) is 18.0 Å². The highest BCUT2D eigenvalue weighted by molar-refractivity contribution is 5.94. The Morgan fingerprint density at radius 2 is 1.79 bits per heavy atom. The van der Waals surface area contributed by atoms with Gasteiger partial charge in [-0.15, -0.1) is 0 Å². The van der Waals surface area contributed by atoms with Crippen molar-refractivity contribution in [1.82, 2.24) is 5.32 Å². The van der Waals surface area contributed by atoms with Crippen molar-refractivity contribution in [2.45, 2.75) is 32.9 Å². The third kappa shape index (κ3) is 5.32. The van der Waals surface area contributed by atoms with Gasteiger partial charge in [0.05, 0.1) is 5.56 Å². The van der Waals surface area contributed by atoms with E-state index in [0.717, 1.165) is 25.0 Å². The molecule has 0 atom stereocenters. The van der Waals surface area contributed by atoms with Gasteiger partial charge in [0.1, 0.15) is 0 Å². The van der Waals surface area contributed by atoms with E-state index in [1.807, 2.05) is 0 Å². The molecule has 1 aromatic carbocycles. The summed E-state index contributed by atoms with van der Waals surface area (Å²) in [5, 5.41) is 2.69. The first kappa shape index (κ1) is 15.5. The highest BCUT2D eigenvalue weighted by Crippen LogP contribution is 2.29. The van der Waals surface area contributed by atoms with Crippen LogP contribution in [0.25, 0.3) is 0 Å². The molecule has 1 amide bonds. The zero-order chi connectivity index (χ0) is 14.5. The topological polar surface area (TPSA) is 29.1 Å². The molecule has 0 radical (unpaired) electrons. The maximum Gasteiger partial charge on any atom is 0.416 e. The van der Waals surface area contributed by atoms with E-state index >= 15 is 0 Å². The molecule has 0 saturated heterocycles. The average Bonchev–Trinajstić information content (AvgIpc) is 2.33. The number of amides is 1. The standard InChI is InChI=1S/C14H18F3NO/c1-10(2)4-3-9-18-13(19)11-5-7-12(8-6-11)14(15,16)17/h5-8,10H,3-4,9H2,1-2H3,(H,18,19). The molecule has 0 fully saturated rings. The summed E-state index contributed by atoms with van der Waals surface area (Å²) in [5.41, 5.74) is -0.499. The number of alkyl halides is 3. The van der Waals surface area contributed by atoms with E-state index in [0.29, 0.717) is 12.5 Å². The molecule has 0 spiro atoms. The molecular weight excluding hydrogens is 255 g/mol. The quantitative estimate of drug-likeness (QED) is 0.811. The summed E-state index contributed by atoms with van der Waals surface area (Å²) in [6, 6.07) is 4.23. The van der Waals surface area contributed by atoms with Crippen molar-refractivity contribution in [2.24, 2.45) is 5.92 Å². The van der Waals surface area contributed by atoms with Gasteiger partial charge >= 0.3 is 6.18 Å². The van der Waals surface area contributed by atoms with Gasteiger partial charge in [-0.1, -0.05) is 13.8 Å². The number of nitrogens with one attached hydrogen (secondary N) is 1. The van der Waals surface area contributed by atoms with Crippen LogP contribution < -0.4 is 5.32 Å². The van der Waals surface area contributed by atoms with Gasteiger partial charge in [-0.3, -0.25) is 4.79 Å². The van der Waals surface area contributed by atoms with E-state index in [1.54, 1.807) is 0 Å². The number of hydrogen-bond acceptors (Lipinski definition) is 1. The predicted molar refractivity (Wildman–Crippen MR) is 67.8 cm³/mol. The molecule has 0 aliphatic rings. The Balaban J connectivity index is 2.49. The number of halogens is 3. The molecule has 0 aromatic heterocycles. The molecule has 0 aliphatic heterocycles. The lowest BCUT2D eigenvalue weighted by atomic mass is 10.1. The van der Waals surface area contributed by atoms with Crippen molar-refractivity contribution in [3.63, 3.8) is 0 Å². The molecule has 5 heteroatoms. The van der Waals surface area contributed by atoms with Crippen molar-refractivity contribution in [3.05, 3.63) is 35.4 Å². The second-order valence-corrected chi connectivity index (χ2v) is 4.87. The Morgan fingerprint density at radius 3 is 2.26 bits per heavy atom. The largest absolute Gasteiger partial charge is 0.416 e. The lowest BCUT2D eigenvalue weighted by molar-refractivity contribution is -0.137. The molecule has 0 unspecified atom stereocenters. The summed E-state index contributed by atoms with van der Waals surface area (Å²) in [6.45, 7) is 4.73. The highest BCUT2D eigenvalue weighted by atomic mass is 19.4. The minimum Gasteiger partial charge on any atom is -0.352 e. The summed E-state index contributed by atoms with van der Waals surface area (Å²) in [4.78, 5) is 11.7. The van der Waals surface area contributed by atoms with Crippen LogP contribution in [0.2, 0.25) is 0 Å². The number of rotatable bonds is 5. The molecule has 1 N–H and O–H groups in total. The number of benzene rings is 1. The van der Waals surface area contributed by atoms with Crippen molar-refractivity contribution in [1.29, 1.82) is 0 Å². The van der Waals surface area contributed by atoms with Gasteiger partial charge in [0.25, 0.3) is 5.91 Å². The van der Waals surface area contributed by atoms with E-state index in [1.165, 1.54) is 12.1 Å². The van der Waals surface area contributed by atoms with Gasteiger partial charge in [-0.25, -0.2) is 0 Å². The third-order valence-corrected chi connectivity index (χ3v) is 2.72. The normalized spacial score (nSPS) is 11.7. The zero-order valence-corrected chi connectivity index (χ0v) is 11.1. The van der Waals surface area contributed by atoms with Crippen LogP contribution >= 0.6 is 0 Å². The average molecular weight is 273 g/mol. The van der Waals surface area contributed by atoms with Gasteiger partial charge in [0.15, 0.2) is 0 Å². The van der Waals surface area contributed by atoms with Crippen molar-refractivity contribution in [2.75, 3.05) is 6.54 Å². The highest BCUT2D eigenvalue weighted by Gasteiger charge is 2.30. The van der Waals surface area contributed by atoms with Gasteiger partial charge in [0.2, 0.25) is 0 Å². The molecular formula is C14H18F3NO. The molecule has 0 aliphatic carbocycles. The van der Waals surface area contributed by atoms with Crippen LogP contribution in [-0.4, -0.2) is 12.5 Å². The molecule has 1 rings (SSSR count). The Hall–Kier alpha value is -1.52. The van der Waals surface area contributed by atoms with Crippen LogP contribution in [0.3, 0.4) is 0 Å².